The van der Waals surface area contributed by atoms with E-state index in [-0.39, 0.29) is 0 Å². The summed E-state index contributed by atoms with van der Waals surface area (Å²) in [5, 5.41) is 17.2. The molecule has 2 rings (SSSR count). The van der Waals surface area contributed by atoms with Gasteiger partial charge in [0, 0.05) is 25.4 Å². The first-order chi connectivity index (χ1) is 9.56. The fourth-order valence-electron chi connectivity index (χ4n) is 2.30. The van der Waals surface area contributed by atoms with Crippen LogP contribution in [0.25, 0.3) is 0 Å². The highest BCUT2D eigenvalue weighted by molar-refractivity contribution is 5.26. The molecule has 0 fully saturated rings. The van der Waals surface area contributed by atoms with Crippen molar-refractivity contribution in [3.05, 3.63) is 47.3 Å². The highest BCUT2D eigenvalue weighted by Crippen LogP contribution is 2.17. The number of aromatic hydroxyl groups is 1. The first kappa shape index (κ1) is 14.6. The lowest BCUT2D eigenvalue weighted by molar-refractivity contribution is 0.475. The van der Waals surface area contributed by atoms with Gasteiger partial charge in [0.2, 0.25) is 0 Å². The Kier molecular flexibility index (Phi) is 4.79. The van der Waals surface area contributed by atoms with Crippen LogP contribution in [0.2, 0.25) is 0 Å². The van der Waals surface area contributed by atoms with Crippen molar-refractivity contribution in [3.63, 3.8) is 0 Å². The molecule has 0 bridgehead atoms. The number of aromatic nitrogens is 2. The van der Waals surface area contributed by atoms with Crippen LogP contribution in [-0.4, -0.2) is 21.4 Å². The first-order valence-electron chi connectivity index (χ1n) is 7.07. The number of phenolic OH excluding ortho intramolecular Hbond substituents is 1. The van der Waals surface area contributed by atoms with Crippen molar-refractivity contribution < 1.29 is 5.11 Å². The molecule has 0 atom stereocenters. The molecule has 0 unspecified atom stereocenters. The van der Waals surface area contributed by atoms with Crippen LogP contribution in [0.4, 0.5) is 0 Å². The van der Waals surface area contributed by atoms with Crippen LogP contribution in [0.15, 0.2) is 30.5 Å². The Hall–Kier alpha value is -1.81. The maximum Gasteiger partial charge on any atom is 0.115 e. The van der Waals surface area contributed by atoms with E-state index < -0.39 is 0 Å². The summed E-state index contributed by atoms with van der Waals surface area (Å²) >= 11 is 0. The van der Waals surface area contributed by atoms with Gasteiger partial charge in [-0.2, -0.15) is 5.10 Å². The largest absolute Gasteiger partial charge is 0.508 e. The summed E-state index contributed by atoms with van der Waals surface area (Å²) in [6.07, 6.45) is 3.04. The van der Waals surface area contributed by atoms with Crippen LogP contribution < -0.4 is 5.32 Å². The lowest BCUT2D eigenvalue weighted by Crippen LogP contribution is -2.17. The van der Waals surface area contributed by atoms with Gasteiger partial charge >= 0.3 is 0 Å². The van der Waals surface area contributed by atoms with Crippen LogP contribution in [0, 0.1) is 0 Å². The Balaban J connectivity index is 1.82. The Morgan fingerprint density at radius 3 is 2.60 bits per heavy atom. The normalized spacial score (nSPS) is 11.2. The molecular formula is C16H23N3O. The number of hydrogen-bond acceptors (Lipinski definition) is 3. The minimum absolute atomic E-state index is 0.318. The molecule has 0 saturated heterocycles. The molecule has 4 heteroatoms. The molecule has 0 radical (unpaired) electrons. The quantitative estimate of drug-likeness (QED) is 0.795. The molecule has 108 valence electrons. The zero-order valence-electron chi connectivity index (χ0n) is 12.4. The molecule has 1 aromatic heterocycles. The van der Waals surface area contributed by atoms with Crippen molar-refractivity contribution in [2.75, 3.05) is 6.54 Å². The highest BCUT2D eigenvalue weighted by atomic mass is 16.3. The summed E-state index contributed by atoms with van der Waals surface area (Å²) in [4.78, 5) is 0. The number of phenols is 1. The number of hydrogen-bond donors (Lipinski definition) is 2. The van der Waals surface area contributed by atoms with Crippen molar-refractivity contribution >= 4 is 0 Å². The van der Waals surface area contributed by atoms with Crippen LogP contribution in [0.1, 0.15) is 36.6 Å². The molecule has 0 aliphatic carbocycles. The van der Waals surface area contributed by atoms with E-state index in [0.717, 1.165) is 19.5 Å². The maximum absolute atomic E-state index is 9.24. The van der Waals surface area contributed by atoms with Gasteiger partial charge < -0.3 is 10.4 Å². The third-order valence-corrected chi connectivity index (χ3v) is 3.33. The van der Waals surface area contributed by atoms with Crippen LogP contribution in [0.5, 0.6) is 5.75 Å². The van der Waals surface area contributed by atoms with E-state index in [1.165, 1.54) is 16.8 Å². The number of rotatable bonds is 6. The molecule has 2 N–H and O–H groups in total. The standard InChI is InChI=1S/C16H23N3O/c1-12(2)16-14(11-19(3)18-16)10-17-9-8-13-4-6-15(20)7-5-13/h4-7,11-12,17,20H,8-10H2,1-3H3. The molecule has 1 aromatic carbocycles. The van der Waals surface area contributed by atoms with Gasteiger partial charge in [-0.3, -0.25) is 4.68 Å². The zero-order chi connectivity index (χ0) is 14.5. The third kappa shape index (κ3) is 3.84. The second-order valence-corrected chi connectivity index (χ2v) is 5.46. The van der Waals surface area contributed by atoms with E-state index in [9.17, 15) is 5.11 Å². The van der Waals surface area contributed by atoms with E-state index in [1.54, 1.807) is 12.1 Å². The maximum atomic E-state index is 9.24. The average Bonchev–Trinajstić information content (AvgIpc) is 2.78. The van der Waals surface area contributed by atoms with Crippen molar-refractivity contribution in [1.82, 2.24) is 15.1 Å². The molecule has 0 amide bonds. The molecule has 0 aliphatic heterocycles. The second kappa shape index (κ2) is 6.57. The second-order valence-electron chi connectivity index (χ2n) is 5.46. The molecule has 0 saturated carbocycles. The molecular weight excluding hydrogens is 250 g/mol. The number of benzene rings is 1. The predicted octanol–water partition coefficient (Wildman–Crippen LogP) is 2.58. The monoisotopic (exact) mass is 273 g/mol. The summed E-state index contributed by atoms with van der Waals surface area (Å²) in [5.74, 6) is 0.767. The highest BCUT2D eigenvalue weighted by Gasteiger charge is 2.10. The Labute approximate surface area is 120 Å². The van der Waals surface area contributed by atoms with Gasteiger partial charge in [0.1, 0.15) is 5.75 Å². The average molecular weight is 273 g/mol. The topological polar surface area (TPSA) is 50.1 Å². The lowest BCUT2D eigenvalue weighted by Gasteiger charge is -2.07. The van der Waals surface area contributed by atoms with Gasteiger partial charge in [-0.15, -0.1) is 0 Å². The van der Waals surface area contributed by atoms with Gasteiger partial charge in [-0.25, -0.2) is 0 Å². The van der Waals surface area contributed by atoms with Gasteiger partial charge in [0.25, 0.3) is 0 Å². The third-order valence-electron chi connectivity index (χ3n) is 3.33. The fraction of sp³-hybridized carbons (Fsp3) is 0.438. The van der Waals surface area contributed by atoms with E-state index in [1.807, 2.05) is 23.9 Å². The van der Waals surface area contributed by atoms with Gasteiger partial charge in [0.15, 0.2) is 0 Å². The van der Waals surface area contributed by atoms with E-state index >= 15 is 0 Å². The Morgan fingerprint density at radius 2 is 1.95 bits per heavy atom. The van der Waals surface area contributed by atoms with Gasteiger partial charge in [-0.1, -0.05) is 26.0 Å². The molecule has 0 aliphatic rings. The van der Waals surface area contributed by atoms with Crippen molar-refractivity contribution in [2.24, 2.45) is 7.05 Å². The lowest BCUT2D eigenvalue weighted by atomic mass is 10.1. The minimum Gasteiger partial charge on any atom is -0.508 e. The van der Waals surface area contributed by atoms with E-state index in [4.69, 9.17) is 0 Å². The summed E-state index contributed by atoms with van der Waals surface area (Å²) in [6, 6.07) is 7.38. The van der Waals surface area contributed by atoms with Crippen LogP contribution >= 0.6 is 0 Å². The summed E-state index contributed by atoms with van der Waals surface area (Å²) in [6.45, 7) is 6.10. The van der Waals surface area contributed by atoms with Crippen molar-refractivity contribution in [2.45, 2.75) is 32.7 Å². The van der Waals surface area contributed by atoms with Crippen molar-refractivity contribution in [1.29, 1.82) is 0 Å². The molecule has 1 heterocycles. The SMILES string of the molecule is CC(C)c1nn(C)cc1CNCCc1ccc(O)cc1. The Bertz CT molecular complexity index is 543. The smallest absolute Gasteiger partial charge is 0.115 e. The molecule has 2 aromatic rings. The summed E-state index contributed by atoms with van der Waals surface area (Å²) in [5.41, 5.74) is 3.67. The van der Waals surface area contributed by atoms with E-state index in [2.05, 4.69) is 30.5 Å². The van der Waals surface area contributed by atoms with E-state index in [0.29, 0.717) is 11.7 Å². The molecule has 20 heavy (non-hydrogen) atoms. The number of aryl methyl sites for hydroxylation is 1. The van der Waals surface area contributed by atoms with Crippen molar-refractivity contribution in [3.8, 4) is 5.75 Å². The first-order valence-corrected chi connectivity index (χ1v) is 7.07. The summed E-state index contributed by atoms with van der Waals surface area (Å²) < 4.78 is 1.88. The zero-order valence-corrected chi connectivity index (χ0v) is 12.4. The summed E-state index contributed by atoms with van der Waals surface area (Å²) in [7, 11) is 1.96. The predicted molar refractivity (Wildman–Crippen MR) is 80.8 cm³/mol. The number of nitrogens with one attached hydrogen (secondary N) is 1. The number of nitrogens with zero attached hydrogens (tertiary/aromatic N) is 2. The van der Waals surface area contributed by atoms with Gasteiger partial charge in [0.05, 0.1) is 5.69 Å². The minimum atomic E-state index is 0.318. The van der Waals surface area contributed by atoms with Crippen LogP contribution in [-0.2, 0) is 20.0 Å². The Morgan fingerprint density at radius 1 is 1.25 bits per heavy atom. The molecule has 0 spiro atoms. The fourth-order valence-corrected chi connectivity index (χ4v) is 2.30. The van der Waals surface area contributed by atoms with Gasteiger partial charge in [-0.05, 0) is 36.6 Å². The molecule has 4 nitrogen and oxygen atoms in total. The van der Waals surface area contributed by atoms with Crippen LogP contribution in [0.3, 0.4) is 0 Å².